The predicted octanol–water partition coefficient (Wildman–Crippen LogP) is 3.65. The molecule has 2 unspecified atom stereocenters. The maximum absolute atomic E-state index is 13.1. The van der Waals surface area contributed by atoms with Crippen LogP contribution in [0.5, 0.6) is 0 Å². The fourth-order valence-corrected chi connectivity index (χ4v) is 3.15. The topological polar surface area (TPSA) is 3.24 Å². The molecule has 0 aromatic heterocycles. The lowest BCUT2D eigenvalue weighted by Gasteiger charge is -2.23. The minimum absolute atomic E-state index is 0.395. The number of fused-ring (bicyclic) bond motifs is 1. The van der Waals surface area contributed by atoms with Crippen molar-refractivity contribution >= 4 is 5.69 Å². The van der Waals surface area contributed by atoms with Gasteiger partial charge < -0.3 is 4.90 Å². The SMILES string of the molecule is CCCc1ccc(N2CC3C(C2)C3(F)F)cc1C. The lowest BCUT2D eigenvalue weighted by Crippen LogP contribution is -2.27. The molecule has 0 radical (unpaired) electrons. The monoisotopic (exact) mass is 251 g/mol. The summed E-state index contributed by atoms with van der Waals surface area (Å²) in [5.74, 6) is -3.17. The third-order valence-corrected chi connectivity index (χ3v) is 4.41. The highest BCUT2D eigenvalue weighted by molar-refractivity contribution is 5.53. The van der Waals surface area contributed by atoms with Crippen molar-refractivity contribution in [3.8, 4) is 0 Å². The summed E-state index contributed by atoms with van der Waals surface area (Å²) in [6, 6.07) is 6.38. The molecule has 1 heterocycles. The summed E-state index contributed by atoms with van der Waals surface area (Å²) < 4.78 is 26.3. The summed E-state index contributed by atoms with van der Waals surface area (Å²) in [5, 5.41) is 0. The number of piperidine rings is 1. The zero-order chi connectivity index (χ0) is 12.9. The molecule has 0 N–H and O–H groups in total. The van der Waals surface area contributed by atoms with Gasteiger partial charge in [0.25, 0.3) is 5.92 Å². The summed E-state index contributed by atoms with van der Waals surface area (Å²) in [4.78, 5) is 2.11. The fourth-order valence-electron chi connectivity index (χ4n) is 3.15. The molecule has 0 spiro atoms. The van der Waals surface area contributed by atoms with Crippen molar-refractivity contribution < 1.29 is 8.78 Å². The molecule has 2 fully saturated rings. The number of anilines is 1. The van der Waals surface area contributed by atoms with E-state index in [4.69, 9.17) is 0 Å². The third kappa shape index (κ3) is 1.72. The van der Waals surface area contributed by atoms with Gasteiger partial charge in [0.15, 0.2) is 0 Å². The van der Waals surface area contributed by atoms with Crippen LogP contribution in [0.4, 0.5) is 14.5 Å². The van der Waals surface area contributed by atoms with Crippen molar-refractivity contribution in [3.05, 3.63) is 29.3 Å². The third-order valence-electron chi connectivity index (χ3n) is 4.41. The van der Waals surface area contributed by atoms with Gasteiger partial charge in [0, 0.05) is 18.8 Å². The first-order valence-corrected chi connectivity index (χ1v) is 6.76. The zero-order valence-corrected chi connectivity index (χ0v) is 10.9. The molecule has 1 saturated carbocycles. The summed E-state index contributed by atoms with van der Waals surface area (Å²) >= 11 is 0. The lowest BCUT2D eigenvalue weighted by molar-refractivity contribution is 0.0798. The number of benzene rings is 1. The van der Waals surface area contributed by atoms with Crippen LogP contribution in [0.25, 0.3) is 0 Å². The Morgan fingerprint density at radius 1 is 1.28 bits per heavy atom. The maximum Gasteiger partial charge on any atom is 0.258 e. The first-order valence-electron chi connectivity index (χ1n) is 6.76. The highest BCUT2D eigenvalue weighted by Gasteiger charge is 2.71. The van der Waals surface area contributed by atoms with Gasteiger partial charge in [-0.05, 0) is 36.6 Å². The van der Waals surface area contributed by atoms with Crippen molar-refractivity contribution in [2.24, 2.45) is 11.8 Å². The van der Waals surface area contributed by atoms with E-state index in [1.165, 1.54) is 11.1 Å². The van der Waals surface area contributed by atoms with Gasteiger partial charge >= 0.3 is 0 Å². The molecule has 1 aliphatic heterocycles. The first kappa shape index (κ1) is 11.9. The number of hydrogen-bond donors (Lipinski definition) is 0. The molecule has 2 aliphatic rings. The molecule has 1 aromatic rings. The van der Waals surface area contributed by atoms with Gasteiger partial charge in [-0.25, -0.2) is 8.78 Å². The van der Waals surface area contributed by atoms with Gasteiger partial charge in [0.1, 0.15) is 0 Å². The van der Waals surface area contributed by atoms with Crippen LogP contribution in [0.15, 0.2) is 18.2 Å². The van der Waals surface area contributed by atoms with E-state index >= 15 is 0 Å². The number of hydrogen-bond acceptors (Lipinski definition) is 1. The van der Waals surface area contributed by atoms with Gasteiger partial charge in [-0.2, -0.15) is 0 Å². The first-order chi connectivity index (χ1) is 8.54. The molecule has 1 saturated heterocycles. The number of nitrogens with zero attached hydrogens (tertiary/aromatic N) is 1. The van der Waals surface area contributed by atoms with E-state index in [2.05, 4.69) is 36.9 Å². The summed E-state index contributed by atoms with van der Waals surface area (Å²) in [5.41, 5.74) is 3.76. The van der Waals surface area contributed by atoms with E-state index in [0.717, 1.165) is 18.5 Å². The van der Waals surface area contributed by atoms with E-state index in [0.29, 0.717) is 13.1 Å². The molecular formula is C15H19F2N. The average molecular weight is 251 g/mol. The molecule has 0 amide bonds. The number of rotatable bonds is 3. The van der Waals surface area contributed by atoms with Crippen LogP contribution in [0.3, 0.4) is 0 Å². The Balaban J connectivity index is 1.73. The molecule has 0 bridgehead atoms. The van der Waals surface area contributed by atoms with Crippen LogP contribution in [0.2, 0.25) is 0 Å². The van der Waals surface area contributed by atoms with Crippen LogP contribution in [0.1, 0.15) is 24.5 Å². The molecule has 18 heavy (non-hydrogen) atoms. The Labute approximate surface area is 107 Å². The standard InChI is InChI=1S/C15H19F2N/c1-3-4-11-5-6-12(7-10(11)2)18-8-13-14(9-18)15(13,16)17/h5-7,13-14H,3-4,8-9H2,1-2H3. The number of alkyl halides is 2. The van der Waals surface area contributed by atoms with Crippen molar-refractivity contribution in [3.63, 3.8) is 0 Å². The minimum atomic E-state index is -2.38. The van der Waals surface area contributed by atoms with Crippen molar-refractivity contribution in [2.45, 2.75) is 32.6 Å². The van der Waals surface area contributed by atoms with E-state index < -0.39 is 17.8 Å². The molecule has 2 atom stereocenters. The highest BCUT2D eigenvalue weighted by Crippen LogP contribution is 2.59. The largest absolute Gasteiger partial charge is 0.370 e. The van der Waals surface area contributed by atoms with Gasteiger partial charge in [-0.1, -0.05) is 19.4 Å². The van der Waals surface area contributed by atoms with Crippen LogP contribution < -0.4 is 4.90 Å². The lowest BCUT2D eigenvalue weighted by atomic mass is 10.0. The van der Waals surface area contributed by atoms with Gasteiger partial charge in [-0.3, -0.25) is 0 Å². The molecule has 1 aliphatic carbocycles. The second-order valence-electron chi connectivity index (χ2n) is 5.65. The quantitative estimate of drug-likeness (QED) is 0.792. The summed E-state index contributed by atoms with van der Waals surface area (Å²) in [7, 11) is 0. The highest BCUT2D eigenvalue weighted by atomic mass is 19.3. The van der Waals surface area contributed by atoms with E-state index in [-0.39, 0.29) is 0 Å². The normalized spacial score (nSPS) is 28.3. The number of aryl methyl sites for hydroxylation is 2. The molecule has 1 nitrogen and oxygen atoms in total. The van der Waals surface area contributed by atoms with Gasteiger partial charge in [0.05, 0.1) is 11.8 Å². The molecule has 3 heteroatoms. The Morgan fingerprint density at radius 3 is 2.50 bits per heavy atom. The zero-order valence-electron chi connectivity index (χ0n) is 10.9. The van der Waals surface area contributed by atoms with Gasteiger partial charge in [0.2, 0.25) is 0 Å². The predicted molar refractivity (Wildman–Crippen MR) is 69.3 cm³/mol. The number of halogens is 2. The van der Waals surface area contributed by atoms with Gasteiger partial charge in [-0.15, -0.1) is 0 Å². The Bertz CT molecular complexity index is 456. The van der Waals surface area contributed by atoms with Crippen molar-refractivity contribution in [1.82, 2.24) is 0 Å². The second kappa shape index (κ2) is 3.94. The molecule has 98 valence electrons. The Hall–Kier alpha value is -1.12. The van der Waals surface area contributed by atoms with Crippen LogP contribution in [0, 0.1) is 18.8 Å². The molecule has 3 rings (SSSR count). The maximum atomic E-state index is 13.1. The summed E-state index contributed by atoms with van der Waals surface area (Å²) in [6.07, 6.45) is 2.23. The van der Waals surface area contributed by atoms with E-state index in [9.17, 15) is 8.78 Å². The Morgan fingerprint density at radius 2 is 1.94 bits per heavy atom. The smallest absolute Gasteiger partial charge is 0.258 e. The van der Waals surface area contributed by atoms with Crippen LogP contribution in [-0.4, -0.2) is 19.0 Å². The Kier molecular flexibility index (Phi) is 2.61. The van der Waals surface area contributed by atoms with E-state index in [1.807, 2.05) is 0 Å². The molecular weight excluding hydrogens is 232 g/mol. The fraction of sp³-hybridized carbons (Fsp3) is 0.600. The van der Waals surface area contributed by atoms with Crippen molar-refractivity contribution in [1.29, 1.82) is 0 Å². The average Bonchev–Trinajstić information content (AvgIpc) is 2.73. The second-order valence-corrected chi connectivity index (χ2v) is 5.65. The molecule has 1 aromatic carbocycles. The summed E-state index contributed by atoms with van der Waals surface area (Å²) in [6.45, 7) is 5.32. The van der Waals surface area contributed by atoms with Crippen molar-refractivity contribution in [2.75, 3.05) is 18.0 Å². The van der Waals surface area contributed by atoms with Crippen LogP contribution in [-0.2, 0) is 6.42 Å². The van der Waals surface area contributed by atoms with Crippen LogP contribution >= 0.6 is 0 Å². The minimum Gasteiger partial charge on any atom is -0.370 e. The van der Waals surface area contributed by atoms with E-state index in [1.54, 1.807) is 0 Å².